The Balaban J connectivity index is 2.15. The molecule has 1 aliphatic heterocycles. The first-order chi connectivity index (χ1) is 9.15. The Bertz CT molecular complexity index is 448. The summed E-state index contributed by atoms with van der Waals surface area (Å²) in [5.74, 6) is -0.592. The van der Waals surface area contributed by atoms with E-state index in [9.17, 15) is 19.8 Å². The summed E-state index contributed by atoms with van der Waals surface area (Å²) in [6.45, 7) is 0.529. The third-order valence-electron chi connectivity index (χ3n) is 3.44. The molecule has 1 aliphatic rings. The van der Waals surface area contributed by atoms with E-state index in [0.717, 1.165) is 18.4 Å². The normalized spacial score (nSPS) is 22.0. The van der Waals surface area contributed by atoms with Crippen LogP contribution in [0.2, 0.25) is 0 Å². The molecule has 2 N–H and O–H groups in total. The molecular formula is C14H17NO4. The van der Waals surface area contributed by atoms with Crippen molar-refractivity contribution in [1.29, 1.82) is 0 Å². The van der Waals surface area contributed by atoms with Gasteiger partial charge in [-0.15, -0.1) is 0 Å². The number of carbonyl (C=O) groups excluding carboxylic acids is 2. The number of likely N-dealkylation sites (tertiary alicyclic amines) is 1. The van der Waals surface area contributed by atoms with Crippen LogP contribution in [0, 0.1) is 0 Å². The van der Waals surface area contributed by atoms with Crippen LogP contribution in [0.15, 0.2) is 30.3 Å². The maximum absolute atomic E-state index is 12.1. The Morgan fingerprint density at radius 2 is 2.00 bits per heavy atom. The molecule has 0 aromatic heterocycles. The van der Waals surface area contributed by atoms with E-state index in [2.05, 4.69) is 0 Å². The van der Waals surface area contributed by atoms with Crippen molar-refractivity contribution in [2.45, 2.75) is 31.1 Å². The van der Waals surface area contributed by atoms with Crippen molar-refractivity contribution in [2.24, 2.45) is 0 Å². The van der Waals surface area contributed by atoms with E-state index in [4.69, 9.17) is 0 Å². The Labute approximate surface area is 111 Å². The van der Waals surface area contributed by atoms with Crippen LogP contribution in [0.4, 0.5) is 0 Å². The number of hydrogen-bond acceptors (Lipinski definition) is 4. The van der Waals surface area contributed by atoms with Gasteiger partial charge in [0.25, 0.3) is 5.91 Å². The van der Waals surface area contributed by atoms with Crippen LogP contribution in [-0.4, -0.2) is 46.1 Å². The lowest BCUT2D eigenvalue weighted by atomic mass is 10.0. The zero-order valence-corrected chi connectivity index (χ0v) is 10.5. The Kier molecular flexibility index (Phi) is 4.29. The number of carbonyl (C=O) groups is 2. The molecule has 5 heteroatoms. The largest absolute Gasteiger partial charge is 0.382 e. The first-order valence-corrected chi connectivity index (χ1v) is 6.32. The molecule has 1 fully saturated rings. The number of hydrogen-bond donors (Lipinski definition) is 2. The second-order valence-corrected chi connectivity index (χ2v) is 4.67. The lowest BCUT2D eigenvalue weighted by Gasteiger charge is -2.27. The highest BCUT2D eigenvalue weighted by Crippen LogP contribution is 2.32. The first-order valence-electron chi connectivity index (χ1n) is 6.32. The molecule has 1 amide bonds. The molecule has 19 heavy (non-hydrogen) atoms. The van der Waals surface area contributed by atoms with E-state index in [-0.39, 0.29) is 12.3 Å². The van der Waals surface area contributed by atoms with Gasteiger partial charge >= 0.3 is 0 Å². The second kappa shape index (κ2) is 5.95. The van der Waals surface area contributed by atoms with Gasteiger partial charge in [0.2, 0.25) is 0 Å². The van der Waals surface area contributed by atoms with Gasteiger partial charge in [-0.05, 0) is 18.4 Å². The van der Waals surface area contributed by atoms with Crippen molar-refractivity contribution in [1.82, 2.24) is 4.90 Å². The summed E-state index contributed by atoms with van der Waals surface area (Å²) in [5.41, 5.74) is 1.00. The molecular weight excluding hydrogens is 246 g/mol. The smallest absolute Gasteiger partial charge is 0.255 e. The van der Waals surface area contributed by atoms with Crippen LogP contribution in [-0.2, 0) is 9.59 Å². The number of benzene rings is 1. The van der Waals surface area contributed by atoms with Crippen LogP contribution in [0.1, 0.15) is 24.4 Å². The molecule has 102 valence electrons. The molecule has 1 heterocycles. The molecule has 1 unspecified atom stereocenters. The number of aldehydes is 1. The third-order valence-corrected chi connectivity index (χ3v) is 3.44. The summed E-state index contributed by atoms with van der Waals surface area (Å²) >= 11 is 0. The molecule has 1 saturated heterocycles. The number of nitrogens with zero attached hydrogens (tertiary/aromatic N) is 1. The van der Waals surface area contributed by atoms with E-state index in [1.807, 2.05) is 30.3 Å². The minimum Gasteiger partial charge on any atom is -0.382 e. The molecule has 5 nitrogen and oxygen atoms in total. The van der Waals surface area contributed by atoms with Gasteiger partial charge in [-0.3, -0.25) is 4.79 Å². The maximum atomic E-state index is 12.1. The average molecular weight is 263 g/mol. The van der Waals surface area contributed by atoms with Crippen molar-refractivity contribution in [2.75, 3.05) is 6.54 Å². The molecule has 1 aromatic rings. The van der Waals surface area contributed by atoms with Crippen LogP contribution in [0.5, 0.6) is 0 Å². The first kappa shape index (κ1) is 13.7. The summed E-state index contributed by atoms with van der Waals surface area (Å²) in [4.78, 5) is 24.1. The molecule has 3 atom stereocenters. The fourth-order valence-corrected chi connectivity index (χ4v) is 2.44. The summed E-state index contributed by atoms with van der Waals surface area (Å²) in [6.07, 6.45) is -1.50. The SMILES string of the molecule is O=C[C@H](O)[C@@H](O)C(=O)N1CCCC1c1ccccc1. The van der Waals surface area contributed by atoms with E-state index in [1.165, 1.54) is 4.90 Å². The second-order valence-electron chi connectivity index (χ2n) is 4.67. The van der Waals surface area contributed by atoms with Crippen LogP contribution < -0.4 is 0 Å². The highest BCUT2D eigenvalue weighted by Gasteiger charge is 2.35. The molecule has 0 radical (unpaired) electrons. The van der Waals surface area contributed by atoms with Crippen LogP contribution in [0.25, 0.3) is 0 Å². The molecule has 0 saturated carbocycles. The minimum atomic E-state index is -1.68. The van der Waals surface area contributed by atoms with Crippen LogP contribution >= 0.6 is 0 Å². The van der Waals surface area contributed by atoms with Gasteiger partial charge in [-0.2, -0.15) is 0 Å². The van der Waals surface area contributed by atoms with Crippen molar-refractivity contribution in [3.05, 3.63) is 35.9 Å². The molecule has 1 aromatic carbocycles. The van der Waals surface area contributed by atoms with Gasteiger partial charge < -0.3 is 19.9 Å². The number of aliphatic hydroxyl groups is 2. The lowest BCUT2D eigenvalue weighted by molar-refractivity contribution is -0.149. The van der Waals surface area contributed by atoms with Gasteiger partial charge in [0.1, 0.15) is 6.10 Å². The van der Waals surface area contributed by atoms with E-state index in [0.29, 0.717) is 6.54 Å². The Hall–Kier alpha value is -1.72. The third kappa shape index (κ3) is 2.83. The average Bonchev–Trinajstić information content (AvgIpc) is 2.95. The van der Waals surface area contributed by atoms with Gasteiger partial charge in [-0.1, -0.05) is 30.3 Å². The zero-order chi connectivity index (χ0) is 13.8. The van der Waals surface area contributed by atoms with Crippen molar-refractivity contribution >= 4 is 12.2 Å². The fourth-order valence-electron chi connectivity index (χ4n) is 2.44. The van der Waals surface area contributed by atoms with E-state index < -0.39 is 18.1 Å². The number of aliphatic hydroxyl groups excluding tert-OH is 2. The van der Waals surface area contributed by atoms with Gasteiger partial charge in [0.05, 0.1) is 6.04 Å². The predicted octanol–water partition coefficient (Wildman–Crippen LogP) is 0.271. The van der Waals surface area contributed by atoms with Gasteiger partial charge in [-0.25, -0.2) is 0 Å². The number of rotatable bonds is 4. The zero-order valence-electron chi connectivity index (χ0n) is 10.5. The van der Waals surface area contributed by atoms with E-state index in [1.54, 1.807) is 0 Å². The Morgan fingerprint density at radius 1 is 1.32 bits per heavy atom. The predicted molar refractivity (Wildman–Crippen MR) is 68.2 cm³/mol. The molecule has 0 aliphatic carbocycles. The highest BCUT2D eigenvalue weighted by atomic mass is 16.3. The van der Waals surface area contributed by atoms with Gasteiger partial charge in [0.15, 0.2) is 12.4 Å². The number of amides is 1. The standard InChI is InChI=1S/C14H17NO4/c16-9-12(17)13(18)14(19)15-8-4-7-11(15)10-5-2-1-3-6-10/h1-3,5-6,9,11-13,17-18H,4,7-8H2/t11?,12-,13+/m0/s1. The van der Waals surface area contributed by atoms with Crippen molar-refractivity contribution < 1.29 is 19.8 Å². The highest BCUT2D eigenvalue weighted by molar-refractivity contribution is 5.85. The van der Waals surface area contributed by atoms with Gasteiger partial charge in [0, 0.05) is 6.54 Å². The lowest BCUT2D eigenvalue weighted by Crippen LogP contribution is -2.45. The Morgan fingerprint density at radius 3 is 2.63 bits per heavy atom. The van der Waals surface area contributed by atoms with Crippen molar-refractivity contribution in [3.63, 3.8) is 0 Å². The summed E-state index contributed by atoms with van der Waals surface area (Å²) < 4.78 is 0. The summed E-state index contributed by atoms with van der Waals surface area (Å²) in [7, 11) is 0. The quantitative estimate of drug-likeness (QED) is 0.764. The maximum Gasteiger partial charge on any atom is 0.255 e. The minimum absolute atomic E-state index is 0.0952. The van der Waals surface area contributed by atoms with E-state index >= 15 is 0 Å². The molecule has 0 bridgehead atoms. The monoisotopic (exact) mass is 263 g/mol. The summed E-state index contributed by atoms with van der Waals surface area (Å²) in [6, 6.07) is 9.45. The van der Waals surface area contributed by atoms with Crippen LogP contribution in [0.3, 0.4) is 0 Å². The summed E-state index contributed by atoms with van der Waals surface area (Å²) in [5, 5.41) is 18.9. The topological polar surface area (TPSA) is 77.8 Å². The fraction of sp³-hybridized carbons (Fsp3) is 0.429. The van der Waals surface area contributed by atoms with Crippen molar-refractivity contribution in [3.8, 4) is 0 Å². The molecule has 2 rings (SSSR count). The molecule has 0 spiro atoms.